The highest BCUT2D eigenvalue weighted by Crippen LogP contribution is 2.13. The Morgan fingerprint density at radius 1 is 1.33 bits per heavy atom. The number of rotatable bonds is 6. The van der Waals surface area contributed by atoms with Crippen molar-refractivity contribution in [3.05, 3.63) is 5.28 Å². The first-order valence-electron chi connectivity index (χ1n) is 5.16. The van der Waals surface area contributed by atoms with Crippen LogP contribution in [0.25, 0.3) is 0 Å². The number of nitrogens with zero attached hydrogens (tertiary/aromatic N) is 3. The second kappa shape index (κ2) is 6.60. The van der Waals surface area contributed by atoms with Crippen LogP contribution in [0.4, 0.5) is 14.7 Å². The predicted molar refractivity (Wildman–Crippen MR) is 61.1 cm³/mol. The maximum atomic E-state index is 12.1. The Kier molecular flexibility index (Phi) is 5.42. The van der Waals surface area contributed by atoms with Crippen molar-refractivity contribution in [2.24, 2.45) is 0 Å². The first-order chi connectivity index (χ1) is 8.38. The molecule has 6 nitrogen and oxygen atoms in total. The smallest absolute Gasteiger partial charge is 0.322 e. The number of aromatic nitrogens is 3. The molecule has 0 spiro atoms. The van der Waals surface area contributed by atoms with E-state index in [-0.39, 0.29) is 23.3 Å². The lowest BCUT2D eigenvalue weighted by atomic mass is 10.4. The van der Waals surface area contributed by atoms with Gasteiger partial charge in [-0.1, -0.05) is 0 Å². The van der Waals surface area contributed by atoms with Crippen LogP contribution in [0.15, 0.2) is 0 Å². The number of aliphatic hydroxyl groups excluding tert-OH is 1. The van der Waals surface area contributed by atoms with Crippen molar-refractivity contribution < 1.29 is 18.6 Å². The number of hydrogen-bond donors (Lipinski definition) is 2. The van der Waals surface area contributed by atoms with Crippen molar-refractivity contribution in [2.45, 2.75) is 32.5 Å². The molecule has 0 fully saturated rings. The lowest BCUT2D eigenvalue weighted by Crippen LogP contribution is -2.27. The third-order valence-electron chi connectivity index (χ3n) is 1.69. The maximum absolute atomic E-state index is 12.1. The van der Waals surface area contributed by atoms with Gasteiger partial charge in [0.2, 0.25) is 11.2 Å². The monoisotopic (exact) mass is 282 g/mol. The van der Waals surface area contributed by atoms with Gasteiger partial charge in [0.1, 0.15) is 6.10 Å². The fourth-order valence-corrected chi connectivity index (χ4v) is 1.11. The number of halogens is 3. The molecule has 0 radical (unpaired) electrons. The van der Waals surface area contributed by atoms with E-state index in [0.717, 1.165) is 0 Å². The average molecular weight is 283 g/mol. The fourth-order valence-electron chi connectivity index (χ4n) is 0.959. The second-order valence-electron chi connectivity index (χ2n) is 3.66. The molecule has 1 aromatic heterocycles. The third-order valence-corrected chi connectivity index (χ3v) is 1.86. The largest absolute Gasteiger partial charge is 0.461 e. The number of nitrogens with one attached hydrogen (secondary N) is 1. The minimum atomic E-state index is -2.85. The number of ether oxygens (including phenoxy) is 1. The van der Waals surface area contributed by atoms with Crippen LogP contribution in [-0.4, -0.2) is 45.2 Å². The lowest BCUT2D eigenvalue weighted by molar-refractivity contribution is 0.00375. The van der Waals surface area contributed by atoms with Crippen LogP contribution < -0.4 is 10.1 Å². The molecule has 9 heteroatoms. The molecule has 1 aromatic rings. The Morgan fingerprint density at radius 2 is 2.00 bits per heavy atom. The summed E-state index contributed by atoms with van der Waals surface area (Å²) in [5.74, 6) is -0.0367. The van der Waals surface area contributed by atoms with Crippen molar-refractivity contribution in [3.8, 4) is 6.01 Å². The van der Waals surface area contributed by atoms with Gasteiger partial charge in [-0.3, -0.25) is 0 Å². The molecule has 0 saturated carbocycles. The minimum Gasteiger partial charge on any atom is -0.461 e. The van der Waals surface area contributed by atoms with Crippen molar-refractivity contribution in [1.29, 1.82) is 0 Å². The van der Waals surface area contributed by atoms with Crippen LogP contribution in [0.3, 0.4) is 0 Å². The van der Waals surface area contributed by atoms with Gasteiger partial charge in [-0.25, -0.2) is 8.78 Å². The normalized spacial score (nSPS) is 12.9. The van der Waals surface area contributed by atoms with Gasteiger partial charge in [-0.2, -0.15) is 15.0 Å². The van der Waals surface area contributed by atoms with E-state index < -0.39 is 19.1 Å². The van der Waals surface area contributed by atoms with Crippen molar-refractivity contribution in [3.63, 3.8) is 0 Å². The molecule has 0 aliphatic rings. The highest BCUT2D eigenvalue weighted by Gasteiger charge is 2.17. The van der Waals surface area contributed by atoms with E-state index in [4.69, 9.17) is 21.4 Å². The highest BCUT2D eigenvalue weighted by atomic mass is 35.5. The van der Waals surface area contributed by atoms with Gasteiger partial charge in [-0.15, -0.1) is 0 Å². The molecule has 102 valence electrons. The summed E-state index contributed by atoms with van der Waals surface area (Å²) in [5.41, 5.74) is 0. The number of hydrogen-bond acceptors (Lipinski definition) is 6. The zero-order valence-electron chi connectivity index (χ0n) is 9.77. The first kappa shape index (κ1) is 14.8. The summed E-state index contributed by atoms with van der Waals surface area (Å²) in [5, 5.41) is 11.2. The zero-order chi connectivity index (χ0) is 13.7. The zero-order valence-corrected chi connectivity index (χ0v) is 10.5. The third kappa shape index (κ3) is 4.92. The summed E-state index contributed by atoms with van der Waals surface area (Å²) < 4.78 is 29.3. The van der Waals surface area contributed by atoms with Crippen LogP contribution in [0.1, 0.15) is 13.8 Å². The van der Waals surface area contributed by atoms with Crippen LogP contribution in [0.2, 0.25) is 5.28 Å². The van der Waals surface area contributed by atoms with Crippen LogP contribution in [0, 0.1) is 0 Å². The van der Waals surface area contributed by atoms with Crippen molar-refractivity contribution in [1.82, 2.24) is 15.0 Å². The fraction of sp³-hybridized carbons (Fsp3) is 0.667. The van der Waals surface area contributed by atoms with E-state index in [1.807, 2.05) is 0 Å². The Bertz CT molecular complexity index is 395. The van der Waals surface area contributed by atoms with E-state index in [1.54, 1.807) is 13.8 Å². The molecule has 0 saturated heterocycles. The van der Waals surface area contributed by atoms with Crippen molar-refractivity contribution in [2.75, 3.05) is 11.9 Å². The topological polar surface area (TPSA) is 80.2 Å². The van der Waals surface area contributed by atoms with Crippen LogP contribution >= 0.6 is 11.6 Å². The molecule has 0 amide bonds. The van der Waals surface area contributed by atoms with E-state index >= 15 is 0 Å². The summed E-state index contributed by atoms with van der Waals surface area (Å²) in [6.07, 6.45) is -4.82. The Hall–Kier alpha value is -1.28. The summed E-state index contributed by atoms with van der Waals surface area (Å²) in [6, 6.07) is -0.0148. The van der Waals surface area contributed by atoms with E-state index in [1.165, 1.54) is 0 Å². The summed E-state index contributed by atoms with van der Waals surface area (Å²) >= 11 is 5.62. The average Bonchev–Trinajstić information content (AvgIpc) is 2.23. The van der Waals surface area contributed by atoms with Gasteiger partial charge in [0, 0.05) is 6.54 Å². The number of anilines is 1. The van der Waals surface area contributed by atoms with Crippen LogP contribution in [0.5, 0.6) is 6.01 Å². The summed E-state index contributed by atoms with van der Waals surface area (Å²) in [6.45, 7) is 3.13. The highest BCUT2D eigenvalue weighted by molar-refractivity contribution is 6.28. The van der Waals surface area contributed by atoms with Gasteiger partial charge < -0.3 is 15.2 Å². The molecule has 1 unspecified atom stereocenters. The minimum absolute atomic E-state index is 0.0148. The molecular formula is C9H13ClF2N4O2. The van der Waals surface area contributed by atoms with Gasteiger partial charge in [0.15, 0.2) is 0 Å². The molecule has 1 atom stereocenters. The van der Waals surface area contributed by atoms with E-state index in [2.05, 4.69) is 20.3 Å². The standard InChI is InChI=1S/C9H13ClF2N4O2/c1-4(2)18-9-15-7(10)14-8(16-9)13-3-5(17)6(11)12/h4-6,17H,3H2,1-2H3,(H,13,14,15,16). The quantitative estimate of drug-likeness (QED) is 0.820. The molecule has 0 aromatic carbocycles. The van der Waals surface area contributed by atoms with Gasteiger partial charge in [0.05, 0.1) is 6.10 Å². The molecule has 18 heavy (non-hydrogen) atoms. The molecular weight excluding hydrogens is 270 g/mol. The molecule has 0 aliphatic carbocycles. The molecule has 1 heterocycles. The molecule has 0 bridgehead atoms. The van der Waals surface area contributed by atoms with Crippen molar-refractivity contribution >= 4 is 17.5 Å². The molecule has 2 N–H and O–H groups in total. The van der Waals surface area contributed by atoms with Gasteiger partial charge in [0.25, 0.3) is 6.43 Å². The summed E-state index contributed by atoms with van der Waals surface area (Å²) in [7, 11) is 0. The first-order valence-corrected chi connectivity index (χ1v) is 5.54. The van der Waals surface area contributed by atoms with E-state index in [9.17, 15) is 8.78 Å². The number of alkyl halides is 2. The molecule has 1 rings (SSSR count). The number of aliphatic hydroxyl groups is 1. The lowest BCUT2D eigenvalue weighted by Gasteiger charge is -2.12. The van der Waals surface area contributed by atoms with E-state index in [0.29, 0.717) is 0 Å². The summed E-state index contributed by atoms with van der Waals surface area (Å²) in [4.78, 5) is 11.2. The Morgan fingerprint density at radius 3 is 2.56 bits per heavy atom. The predicted octanol–water partition coefficient (Wildman–Crippen LogP) is 1.35. The van der Waals surface area contributed by atoms with Gasteiger partial charge >= 0.3 is 6.01 Å². The molecule has 0 aliphatic heterocycles. The maximum Gasteiger partial charge on any atom is 0.322 e. The van der Waals surface area contributed by atoms with Gasteiger partial charge in [-0.05, 0) is 25.4 Å². The second-order valence-corrected chi connectivity index (χ2v) is 4.00. The van der Waals surface area contributed by atoms with Crippen LogP contribution in [-0.2, 0) is 0 Å². The SMILES string of the molecule is CC(C)Oc1nc(Cl)nc(NCC(O)C(F)F)n1. The Labute approximate surface area is 107 Å². The Balaban J connectivity index is 2.68.